The van der Waals surface area contributed by atoms with E-state index in [1.54, 1.807) is 19.1 Å². The van der Waals surface area contributed by atoms with Crippen LogP contribution in [0.3, 0.4) is 0 Å². The molecule has 1 aliphatic rings. The number of amides is 2. The molecule has 1 aromatic heterocycles. The summed E-state index contributed by atoms with van der Waals surface area (Å²) in [5, 5.41) is 3.59. The average Bonchev–Trinajstić information content (AvgIpc) is 3.20. The molecule has 2 atom stereocenters. The number of hydrogen-bond donors (Lipinski definition) is 2. The second-order valence-corrected chi connectivity index (χ2v) is 5.89. The number of hydrogen-bond acceptors (Lipinski definition) is 3. The number of nitrogens with zero attached hydrogens (tertiary/aromatic N) is 1. The van der Waals surface area contributed by atoms with Crippen LogP contribution < -0.4 is 5.32 Å². The SMILES string of the molecule is CNC(=O)[C@@H]1CN(C(=O)c2cccc3[nH]ccc23)C[C@H]1COC. The molecule has 1 saturated heterocycles. The lowest BCUT2D eigenvalue weighted by molar-refractivity contribution is -0.125. The van der Waals surface area contributed by atoms with Crippen LogP contribution in [0.15, 0.2) is 30.5 Å². The lowest BCUT2D eigenvalue weighted by Crippen LogP contribution is -2.34. The van der Waals surface area contributed by atoms with Crippen LogP contribution in [-0.4, -0.2) is 55.6 Å². The highest BCUT2D eigenvalue weighted by atomic mass is 16.5. The number of aromatic amines is 1. The second-order valence-electron chi connectivity index (χ2n) is 5.89. The molecule has 0 saturated carbocycles. The van der Waals surface area contributed by atoms with Gasteiger partial charge in [0.05, 0.1) is 12.5 Å². The zero-order chi connectivity index (χ0) is 16.4. The van der Waals surface area contributed by atoms with Gasteiger partial charge in [0, 0.05) is 55.8 Å². The van der Waals surface area contributed by atoms with Gasteiger partial charge in [-0.05, 0) is 18.2 Å². The molecule has 122 valence electrons. The van der Waals surface area contributed by atoms with Gasteiger partial charge in [-0.2, -0.15) is 0 Å². The van der Waals surface area contributed by atoms with Gasteiger partial charge in [0.2, 0.25) is 5.91 Å². The maximum absolute atomic E-state index is 12.9. The summed E-state index contributed by atoms with van der Waals surface area (Å²) in [6, 6.07) is 7.54. The highest BCUT2D eigenvalue weighted by Crippen LogP contribution is 2.27. The molecule has 2 amide bonds. The molecule has 2 N–H and O–H groups in total. The molecule has 0 aliphatic carbocycles. The lowest BCUT2D eigenvalue weighted by Gasteiger charge is -2.17. The van der Waals surface area contributed by atoms with Gasteiger partial charge >= 0.3 is 0 Å². The molecular formula is C17H21N3O3. The summed E-state index contributed by atoms with van der Waals surface area (Å²) < 4.78 is 5.22. The smallest absolute Gasteiger partial charge is 0.254 e. The third-order valence-corrected chi connectivity index (χ3v) is 4.52. The largest absolute Gasteiger partial charge is 0.384 e. The Morgan fingerprint density at radius 1 is 1.35 bits per heavy atom. The third kappa shape index (κ3) is 2.82. The summed E-state index contributed by atoms with van der Waals surface area (Å²) in [6.07, 6.45) is 1.83. The van der Waals surface area contributed by atoms with Crippen LogP contribution in [0, 0.1) is 11.8 Å². The number of carbonyl (C=O) groups is 2. The van der Waals surface area contributed by atoms with Gasteiger partial charge in [0.15, 0.2) is 0 Å². The minimum Gasteiger partial charge on any atom is -0.384 e. The summed E-state index contributed by atoms with van der Waals surface area (Å²) in [5.74, 6) is -0.284. The van der Waals surface area contributed by atoms with E-state index in [9.17, 15) is 9.59 Å². The number of benzene rings is 1. The maximum Gasteiger partial charge on any atom is 0.254 e. The molecule has 2 heterocycles. The van der Waals surface area contributed by atoms with E-state index in [2.05, 4.69) is 10.3 Å². The van der Waals surface area contributed by atoms with Crippen molar-refractivity contribution >= 4 is 22.7 Å². The standard InChI is InChI=1S/C17H21N3O3/c1-18-16(21)14-9-20(8-11(14)10-23-2)17(22)13-4-3-5-15-12(13)6-7-19-15/h3-7,11,14,19H,8-10H2,1-2H3,(H,18,21)/t11-,14+/m0/s1. The van der Waals surface area contributed by atoms with Crippen molar-refractivity contribution in [2.75, 3.05) is 33.9 Å². The van der Waals surface area contributed by atoms with Gasteiger partial charge in [-0.25, -0.2) is 0 Å². The fraction of sp³-hybridized carbons (Fsp3) is 0.412. The van der Waals surface area contributed by atoms with Crippen LogP contribution in [-0.2, 0) is 9.53 Å². The lowest BCUT2D eigenvalue weighted by atomic mass is 9.96. The molecule has 0 bridgehead atoms. The Hall–Kier alpha value is -2.34. The minimum absolute atomic E-state index is 0.0225. The molecule has 1 aliphatic heterocycles. The van der Waals surface area contributed by atoms with E-state index in [0.717, 1.165) is 10.9 Å². The fourth-order valence-corrected chi connectivity index (χ4v) is 3.34. The van der Waals surface area contributed by atoms with E-state index < -0.39 is 0 Å². The predicted molar refractivity (Wildman–Crippen MR) is 87.1 cm³/mol. The Kier molecular flexibility index (Phi) is 4.34. The molecule has 1 aromatic carbocycles. The van der Waals surface area contributed by atoms with Crippen molar-refractivity contribution in [1.29, 1.82) is 0 Å². The highest BCUT2D eigenvalue weighted by Gasteiger charge is 2.39. The molecule has 0 radical (unpaired) electrons. The van der Waals surface area contributed by atoms with Crippen molar-refractivity contribution in [3.63, 3.8) is 0 Å². The highest BCUT2D eigenvalue weighted by molar-refractivity contribution is 6.06. The molecular weight excluding hydrogens is 294 g/mol. The molecule has 3 rings (SSSR count). The zero-order valence-corrected chi connectivity index (χ0v) is 13.3. The van der Waals surface area contributed by atoms with E-state index in [1.165, 1.54) is 0 Å². The van der Waals surface area contributed by atoms with Crippen molar-refractivity contribution in [3.8, 4) is 0 Å². The van der Waals surface area contributed by atoms with Gasteiger partial charge in [0.1, 0.15) is 0 Å². The number of aromatic nitrogens is 1. The Morgan fingerprint density at radius 3 is 2.91 bits per heavy atom. The first-order chi connectivity index (χ1) is 11.2. The van der Waals surface area contributed by atoms with Crippen LogP contribution in [0.4, 0.5) is 0 Å². The number of methoxy groups -OCH3 is 1. The van der Waals surface area contributed by atoms with E-state index in [1.807, 2.05) is 30.5 Å². The van der Waals surface area contributed by atoms with E-state index >= 15 is 0 Å². The number of carbonyl (C=O) groups excluding carboxylic acids is 2. The Balaban J connectivity index is 1.85. The normalized spacial score (nSPS) is 20.9. The maximum atomic E-state index is 12.9. The minimum atomic E-state index is -0.227. The summed E-state index contributed by atoms with van der Waals surface area (Å²) >= 11 is 0. The molecule has 2 aromatic rings. The Morgan fingerprint density at radius 2 is 2.17 bits per heavy atom. The summed E-state index contributed by atoms with van der Waals surface area (Å²) in [4.78, 5) is 29.8. The topological polar surface area (TPSA) is 74.4 Å². The molecule has 1 fully saturated rings. The van der Waals surface area contributed by atoms with Crippen molar-refractivity contribution < 1.29 is 14.3 Å². The Labute approximate surface area is 134 Å². The molecule has 23 heavy (non-hydrogen) atoms. The first-order valence-corrected chi connectivity index (χ1v) is 7.71. The predicted octanol–water partition coefficient (Wildman–Crippen LogP) is 1.25. The van der Waals surface area contributed by atoms with Gasteiger partial charge in [-0.1, -0.05) is 6.07 Å². The van der Waals surface area contributed by atoms with Gasteiger partial charge in [-0.15, -0.1) is 0 Å². The molecule has 0 unspecified atom stereocenters. The first-order valence-electron chi connectivity index (χ1n) is 7.71. The van der Waals surface area contributed by atoms with Crippen LogP contribution in [0.5, 0.6) is 0 Å². The first kappa shape index (κ1) is 15.6. The number of rotatable bonds is 4. The van der Waals surface area contributed by atoms with E-state index in [-0.39, 0.29) is 23.7 Å². The van der Waals surface area contributed by atoms with Crippen LogP contribution >= 0.6 is 0 Å². The molecule has 6 nitrogen and oxygen atoms in total. The summed E-state index contributed by atoms with van der Waals surface area (Å²) in [5.41, 5.74) is 1.60. The van der Waals surface area contributed by atoms with E-state index in [4.69, 9.17) is 4.74 Å². The van der Waals surface area contributed by atoms with E-state index in [0.29, 0.717) is 25.3 Å². The van der Waals surface area contributed by atoms with Crippen LogP contribution in [0.25, 0.3) is 10.9 Å². The van der Waals surface area contributed by atoms with Crippen LogP contribution in [0.2, 0.25) is 0 Å². The quantitative estimate of drug-likeness (QED) is 0.892. The second kappa shape index (κ2) is 6.42. The number of fused-ring (bicyclic) bond motifs is 1. The van der Waals surface area contributed by atoms with Crippen molar-refractivity contribution in [1.82, 2.24) is 15.2 Å². The van der Waals surface area contributed by atoms with Crippen molar-refractivity contribution in [2.45, 2.75) is 0 Å². The van der Waals surface area contributed by atoms with Gasteiger partial charge in [0.25, 0.3) is 5.91 Å². The van der Waals surface area contributed by atoms with Gasteiger partial charge in [-0.3, -0.25) is 9.59 Å². The van der Waals surface area contributed by atoms with Crippen molar-refractivity contribution in [3.05, 3.63) is 36.0 Å². The van der Waals surface area contributed by atoms with Crippen molar-refractivity contribution in [2.24, 2.45) is 11.8 Å². The van der Waals surface area contributed by atoms with Crippen LogP contribution in [0.1, 0.15) is 10.4 Å². The number of ether oxygens (including phenoxy) is 1. The summed E-state index contributed by atoms with van der Waals surface area (Å²) in [7, 11) is 3.24. The number of likely N-dealkylation sites (tertiary alicyclic amines) is 1. The Bertz CT molecular complexity index is 725. The monoisotopic (exact) mass is 315 g/mol. The summed E-state index contributed by atoms with van der Waals surface area (Å²) in [6.45, 7) is 1.43. The molecule has 0 spiro atoms. The van der Waals surface area contributed by atoms with Gasteiger partial charge < -0.3 is 19.9 Å². The fourth-order valence-electron chi connectivity index (χ4n) is 3.34. The third-order valence-electron chi connectivity index (χ3n) is 4.52. The zero-order valence-electron chi connectivity index (χ0n) is 13.3. The average molecular weight is 315 g/mol. The number of nitrogens with one attached hydrogen (secondary N) is 2. The molecule has 6 heteroatoms. The number of H-pyrrole nitrogens is 1.